The summed E-state index contributed by atoms with van der Waals surface area (Å²) in [7, 11) is 0. The molecule has 0 aliphatic heterocycles. The van der Waals surface area contributed by atoms with Crippen molar-refractivity contribution < 1.29 is 0 Å². The van der Waals surface area contributed by atoms with Gasteiger partial charge in [-0.3, -0.25) is 0 Å². The highest BCUT2D eigenvalue weighted by Gasteiger charge is 2.05. The Morgan fingerprint density at radius 2 is 2.18 bits per heavy atom. The average Bonchev–Trinajstić information content (AvgIpc) is 3.03. The van der Waals surface area contributed by atoms with Crippen LogP contribution in [0.2, 0.25) is 5.02 Å². The van der Waals surface area contributed by atoms with Crippen LogP contribution in [0.1, 0.15) is 11.1 Å². The fourth-order valence-corrected chi connectivity index (χ4v) is 2.39. The van der Waals surface area contributed by atoms with Crippen molar-refractivity contribution in [1.29, 1.82) is 0 Å². The topological polar surface area (TPSA) is 68.8 Å². The van der Waals surface area contributed by atoms with Crippen LogP contribution < -0.4 is 11.1 Å². The Labute approximate surface area is 133 Å². The van der Waals surface area contributed by atoms with E-state index in [0.29, 0.717) is 17.4 Å². The van der Waals surface area contributed by atoms with E-state index < -0.39 is 0 Å². The highest BCUT2D eigenvalue weighted by Crippen LogP contribution is 2.23. The molecule has 0 saturated carbocycles. The third-order valence-corrected chi connectivity index (χ3v) is 3.74. The summed E-state index contributed by atoms with van der Waals surface area (Å²) in [5, 5.41) is 8.08. The molecule has 0 spiro atoms. The first-order valence-corrected chi connectivity index (χ1v) is 7.26. The smallest absolute Gasteiger partial charge is 0.125 e. The number of benzene rings is 1. The fraction of sp³-hybridized carbons (Fsp3) is 0.125. The summed E-state index contributed by atoms with van der Waals surface area (Å²) >= 11 is 6.10. The van der Waals surface area contributed by atoms with Crippen molar-refractivity contribution in [1.82, 2.24) is 14.8 Å². The van der Waals surface area contributed by atoms with Crippen LogP contribution in [0.25, 0.3) is 5.69 Å². The van der Waals surface area contributed by atoms with Crippen molar-refractivity contribution in [3.8, 4) is 5.69 Å². The van der Waals surface area contributed by atoms with Gasteiger partial charge in [0.15, 0.2) is 0 Å². The third kappa shape index (κ3) is 3.04. The molecule has 0 bridgehead atoms. The van der Waals surface area contributed by atoms with Crippen LogP contribution in [0.4, 0.5) is 11.5 Å². The maximum atomic E-state index is 6.10. The molecule has 22 heavy (non-hydrogen) atoms. The van der Waals surface area contributed by atoms with Crippen LogP contribution >= 0.6 is 11.6 Å². The number of nitrogens with one attached hydrogen (secondary N) is 1. The van der Waals surface area contributed by atoms with E-state index in [0.717, 1.165) is 11.4 Å². The number of nitrogens with zero attached hydrogens (tertiary/aromatic N) is 3. The molecular weight excluding hydrogens is 298 g/mol. The zero-order valence-corrected chi connectivity index (χ0v) is 12.9. The predicted octanol–water partition coefficient (Wildman–Crippen LogP) is 3.42. The van der Waals surface area contributed by atoms with Gasteiger partial charge in [0, 0.05) is 31.2 Å². The highest BCUT2D eigenvalue weighted by atomic mass is 35.5. The molecule has 0 aliphatic carbocycles. The van der Waals surface area contributed by atoms with Crippen LogP contribution in [0, 0.1) is 6.92 Å². The molecule has 112 valence electrons. The van der Waals surface area contributed by atoms with E-state index >= 15 is 0 Å². The standard InChI is InChI=1S/C16H16ClN5/c1-11-7-13(22-6-2-5-21-22)4-3-12(11)9-19-15-8-16(18)20-10-14(15)17/h2-8,10H,9H2,1H3,(H3,18,19,20). The van der Waals surface area contributed by atoms with Crippen LogP contribution in [0.15, 0.2) is 48.9 Å². The van der Waals surface area contributed by atoms with Crippen LogP contribution in [-0.2, 0) is 6.54 Å². The quantitative estimate of drug-likeness (QED) is 0.774. The first kappa shape index (κ1) is 14.4. The molecule has 2 aromatic heterocycles. The molecule has 5 nitrogen and oxygen atoms in total. The van der Waals surface area contributed by atoms with Crippen molar-refractivity contribution in [2.45, 2.75) is 13.5 Å². The van der Waals surface area contributed by atoms with Crippen molar-refractivity contribution in [3.63, 3.8) is 0 Å². The largest absolute Gasteiger partial charge is 0.384 e. The number of anilines is 2. The number of pyridine rings is 1. The number of halogens is 1. The Kier molecular flexibility index (Phi) is 3.98. The van der Waals surface area contributed by atoms with Crippen LogP contribution in [0.5, 0.6) is 0 Å². The molecule has 3 N–H and O–H groups in total. The van der Waals surface area contributed by atoms with E-state index in [2.05, 4.69) is 34.5 Å². The minimum Gasteiger partial charge on any atom is -0.384 e. The average molecular weight is 314 g/mol. The Morgan fingerprint density at radius 1 is 1.32 bits per heavy atom. The van der Waals surface area contributed by atoms with E-state index in [1.807, 2.05) is 23.0 Å². The van der Waals surface area contributed by atoms with E-state index in [1.165, 1.54) is 11.1 Å². The first-order chi connectivity index (χ1) is 10.6. The number of aryl methyl sites for hydroxylation is 1. The Balaban J connectivity index is 1.77. The second-order valence-electron chi connectivity index (χ2n) is 5.00. The Bertz CT molecular complexity index is 783. The second kappa shape index (κ2) is 6.07. The number of rotatable bonds is 4. The molecule has 3 rings (SSSR count). The minimum atomic E-state index is 0.442. The van der Waals surface area contributed by atoms with E-state index in [1.54, 1.807) is 18.5 Å². The first-order valence-electron chi connectivity index (χ1n) is 6.88. The fourth-order valence-electron chi connectivity index (χ4n) is 2.22. The van der Waals surface area contributed by atoms with E-state index in [-0.39, 0.29) is 0 Å². The summed E-state index contributed by atoms with van der Waals surface area (Å²) in [6.07, 6.45) is 5.24. The molecule has 0 saturated heterocycles. The lowest BCUT2D eigenvalue weighted by Gasteiger charge is -2.12. The number of aromatic nitrogens is 3. The molecule has 0 amide bonds. The number of hydrogen-bond donors (Lipinski definition) is 2. The SMILES string of the molecule is Cc1cc(-n2cccn2)ccc1CNc1cc(N)ncc1Cl. The van der Waals surface area contributed by atoms with Gasteiger partial charge in [-0.2, -0.15) is 5.10 Å². The molecule has 0 atom stereocenters. The molecule has 1 aromatic carbocycles. The maximum Gasteiger partial charge on any atom is 0.125 e. The molecule has 0 aliphatic rings. The van der Waals surface area contributed by atoms with Crippen molar-refractivity contribution in [2.24, 2.45) is 0 Å². The molecule has 0 unspecified atom stereocenters. The number of nitrogens with two attached hydrogens (primary N) is 1. The molecule has 0 radical (unpaired) electrons. The minimum absolute atomic E-state index is 0.442. The van der Waals surface area contributed by atoms with Gasteiger partial charge in [-0.1, -0.05) is 17.7 Å². The number of hydrogen-bond acceptors (Lipinski definition) is 4. The van der Waals surface area contributed by atoms with Gasteiger partial charge in [-0.25, -0.2) is 9.67 Å². The predicted molar refractivity (Wildman–Crippen MR) is 89.3 cm³/mol. The summed E-state index contributed by atoms with van der Waals surface area (Å²) in [6, 6.07) is 9.86. The van der Waals surface area contributed by atoms with Gasteiger partial charge in [0.2, 0.25) is 0 Å². The lowest BCUT2D eigenvalue weighted by Crippen LogP contribution is -2.04. The van der Waals surface area contributed by atoms with Crippen molar-refractivity contribution >= 4 is 23.1 Å². The lowest BCUT2D eigenvalue weighted by molar-refractivity contribution is 0.877. The zero-order chi connectivity index (χ0) is 15.5. The van der Waals surface area contributed by atoms with Gasteiger partial charge in [0.1, 0.15) is 5.82 Å². The molecule has 3 aromatic rings. The summed E-state index contributed by atoms with van der Waals surface area (Å²) in [5.41, 5.74) is 9.86. The van der Waals surface area contributed by atoms with Gasteiger partial charge in [0.05, 0.1) is 16.4 Å². The highest BCUT2D eigenvalue weighted by molar-refractivity contribution is 6.33. The maximum absolute atomic E-state index is 6.10. The summed E-state index contributed by atoms with van der Waals surface area (Å²) in [5.74, 6) is 0.442. The Morgan fingerprint density at radius 3 is 2.91 bits per heavy atom. The van der Waals surface area contributed by atoms with Crippen LogP contribution in [0.3, 0.4) is 0 Å². The molecular formula is C16H16ClN5. The van der Waals surface area contributed by atoms with E-state index in [9.17, 15) is 0 Å². The third-order valence-electron chi connectivity index (χ3n) is 3.44. The Hall–Kier alpha value is -2.53. The van der Waals surface area contributed by atoms with Gasteiger partial charge in [-0.05, 0) is 36.2 Å². The van der Waals surface area contributed by atoms with Crippen molar-refractivity contribution in [3.05, 3.63) is 65.1 Å². The number of nitrogen functional groups attached to an aromatic ring is 1. The van der Waals surface area contributed by atoms with Gasteiger partial charge < -0.3 is 11.1 Å². The summed E-state index contributed by atoms with van der Waals surface area (Å²) in [4.78, 5) is 3.95. The summed E-state index contributed by atoms with van der Waals surface area (Å²) < 4.78 is 1.84. The van der Waals surface area contributed by atoms with Crippen molar-refractivity contribution in [2.75, 3.05) is 11.1 Å². The normalized spacial score (nSPS) is 10.6. The van der Waals surface area contributed by atoms with Crippen LogP contribution in [-0.4, -0.2) is 14.8 Å². The molecule has 6 heteroatoms. The molecule has 0 fully saturated rings. The molecule has 2 heterocycles. The zero-order valence-electron chi connectivity index (χ0n) is 12.1. The lowest BCUT2D eigenvalue weighted by atomic mass is 10.1. The van der Waals surface area contributed by atoms with E-state index in [4.69, 9.17) is 17.3 Å². The van der Waals surface area contributed by atoms with Gasteiger partial charge >= 0.3 is 0 Å². The van der Waals surface area contributed by atoms with Gasteiger partial charge in [0.25, 0.3) is 0 Å². The monoisotopic (exact) mass is 313 g/mol. The second-order valence-corrected chi connectivity index (χ2v) is 5.41. The summed E-state index contributed by atoms with van der Waals surface area (Å²) in [6.45, 7) is 2.74. The van der Waals surface area contributed by atoms with Gasteiger partial charge in [-0.15, -0.1) is 0 Å².